The van der Waals surface area contributed by atoms with Crippen molar-refractivity contribution in [2.24, 2.45) is 0 Å². The Labute approximate surface area is 166 Å². The Morgan fingerprint density at radius 1 is 1.11 bits per heavy atom. The maximum absolute atomic E-state index is 14.1. The second-order valence-electron chi connectivity index (χ2n) is 5.99. The number of thiocarbonyl (C=S) groups is 1. The fourth-order valence-corrected chi connectivity index (χ4v) is 3.12. The molecule has 2 N–H and O–H groups in total. The Morgan fingerprint density at radius 2 is 1.81 bits per heavy atom. The largest absolute Gasteiger partial charge is 0.332 e. The van der Waals surface area contributed by atoms with Gasteiger partial charge in [0.2, 0.25) is 0 Å². The Bertz CT molecular complexity index is 966. The molecule has 0 saturated carbocycles. The normalized spacial score (nSPS) is 10.7. The Morgan fingerprint density at radius 3 is 2.48 bits per heavy atom. The van der Waals surface area contributed by atoms with Gasteiger partial charge >= 0.3 is 0 Å². The van der Waals surface area contributed by atoms with Gasteiger partial charge in [-0.15, -0.1) is 0 Å². The molecule has 27 heavy (non-hydrogen) atoms. The van der Waals surface area contributed by atoms with Crippen LogP contribution in [-0.4, -0.2) is 14.9 Å². The first-order valence-corrected chi connectivity index (χ1v) is 8.94. The summed E-state index contributed by atoms with van der Waals surface area (Å²) in [4.78, 5) is 0. The van der Waals surface area contributed by atoms with Crippen LogP contribution >= 0.6 is 23.8 Å². The number of rotatable bonds is 4. The molecule has 0 saturated heterocycles. The molecule has 0 fully saturated rings. The van der Waals surface area contributed by atoms with Crippen LogP contribution < -0.4 is 10.6 Å². The van der Waals surface area contributed by atoms with E-state index in [2.05, 4.69) is 15.7 Å². The lowest BCUT2D eigenvalue weighted by molar-refractivity contribution is 0.579. The molecule has 4 nitrogen and oxygen atoms in total. The van der Waals surface area contributed by atoms with Crippen LogP contribution in [-0.2, 0) is 6.54 Å². The van der Waals surface area contributed by atoms with E-state index < -0.39 is 0 Å². The molecular weight excluding hydrogens is 390 g/mol. The SMILES string of the molecule is Cc1nn(Cc2c(F)cccc2Cl)c(C)c1NC(=S)Nc1ccc(F)cc1. The average molecular weight is 407 g/mol. The van der Waals surface area contributed by atoms with Crippen LogP contribution in [0.2, 0.25) is 5.02 Å². The maximum Gasteiger partial charge on any atom is 0.175 e. The predicted molar refractivity (Wildman–Crippen MR) is 108 cm³/mol. The van der Waals surface area contributed by atoms with Crippen molar-refractivity contribution in [3.8, 4) is 0 Å². The lowest BCUT2D eigenvalue weighted by Crippen LogP contribution is -2.20. The smallest absolute Gasteiger partial charge is 0.175 e. The summed E-state index contributed by atoms with van der Waals surface area (Å²) in [7, 11) is 0. The minimum Gasteiger partial charge on any atom is -0.332 e. The molecule has 1 heterocycles. The molecule has 2 aromatic carbocycles. The average Bonchev–Trinajstić information content (AvgIpc) is 2.88. The standard InChI is InChI=1S/C19H17ClF2N4S/c1-11-18(24-19(27)23-14-8-6-13(21)7-9-14)12(2)26(25-11)10-15-16(20)4-3-5-17(15)22/h3-9H,10H2,1-2H3,(H2,23,24,27). The molecule has 0 unspecified atom stereocenters. The third-order valence-electron chi connectivity index (χ3n) is 4.09. The molecule has 8 heteroatoms. The minimum absolute atomic E-state index is 0.206. The van der Waals surface area contributed by atoms with Gasteiger partial charge in [0.1, 0.15) is 11.6 Å². The van der Waals surface area contributed by atoms with Crippen molar-refractivity contribution >= 4 is 40.3 Å². The summed E-state index contributed by atoms with van der Waals surface area (Å²) in [6.07, 6.45) is 0. The van der Waals surface area contributed by atoms with Gasteiger partial charge < -0.3 is 10.6 Å². The molecule has 3 rings (SSSR count). The van der Waals surface area contributed by atoms with Crippen molar-refractivity contribution in [2.45, 2.75) is 20.4 Å². The van der Waals surface area contributed by atoms with Crippen LogP contribution in [0.5, 0.6) is 0 Å². The molecule has 140 valence electrons. The van der Waals surface area contributed by atoms with Gasteiger partial charge in [0.15, 0.2) is 5.11 Å². The van der Waals surface area contributed by atoms with Gasteiger partial charge in [-0.2, -0.15) is 5.10 Å². The first kappa shape index (κ1) is 19.3. The van der Waals surface area contributed by atoms with Crippen molar-refractivity contribution < 1.29 is 8.78 Å². The topological polar surface area (TPSA) is 41.9 Å². The third-order valence-corrected chi connectivity index (χ3v) is 4.65. The van der Waals surface area contributed by atoms with Crippen molar-refractivity contribution in [1.82, 2.24) is 9.78 Å². The van der Waals surface area contributed by atoms with Crippen LogP contribution in [0.1, 0.15) is 17.0 Å². The van der Waals surface area contributed by atoms with Gasteiger partial charge in [0, 0.05) is 16.3 Å². The number of nitrogens with one attached hydrogen (secondary N) is 2. The highest BCUT2D eigenvalue weighted by Gasteiger charge is 2.16. The summed E-state index contributed by atoms with van der Waals surface area (Å²) in [6, 6.07) is 10.4. The van der Waals surface area contributed by atoms with Crippen molar-refractivity contribution in [3.05, 3.63) is 76.1 Å². The lowest BCUT2D eigenvalue weighted by atomic mass is 10.2. The first-order valence-electron chi connectivity index (χ1n) is 8.15. The maximum atomic E-state index is 14.1. The van der Waals surface area contributed by atoms with Crippen LogP contribution in [0.4, 0.5) is 20.2 Å². The van der Waals surface area contributed by atoms with E-state index in [4.69, 9.17) is 23.8 Å². The molecule has 0 radical (unpaired) electrons. The van der Waals surface area contributed by atoms with Crippen molar-refractivity contribution in [3.63, 3.8) is 0 Å². The zero-order chi connectivity index (χ0) is 19.6. The van der Waals surface area contributed by atoms with Crippen LogP contribution in [0.15, 0.2) is 42.5 Å². The second-order valence-corrected chi connectivity index (χ2v) is 6.81. The number of halogens is 3. The van der Waals surface area contributed by atoms with Gasteiger partial charge in [0.05, 0.1) is 23.6 Å². The number of aromatic nitrogens is 2. The summed E-state index contributed by atoms with van der Waals surface area (Å²) in [6.45, 7) is 3.89. The molecule has 0 spiro atoms. The zero-order valence-electron chi connectivity index (χ0n) is 14.7. The van der Waals surface area contributed by atoms with E-state index in [0.29, 0.717) is 27.1 Å². The van der Waals surface area contributed by atoms with E-state index in [9.17, 15) is 8.78 Å². The highest BCUT2D eigenvalue weighted by Crippen LogP contribution is 2.24. The molecule has 0 aliphatic carbocycles. The fraction of sp³-hybridized carbons (Fsp3) is 0.158. The predicted octanol–water partition coefficient (Wildman–Crippen LogP) is 5.29. The summed E-state index contributed by atoms with van der Waals surface area (Å²) >= 11 is 11.4. The van der Waals surface area contributed by atoms with Gasteiger partial charge in [-0.05, 0) is 62.5 Å². The van der Waals surface area contributed by atoms with Crippen molar-refractivity contribution in [2.75, 3.05) is 10.6 Å². The highest BCUT2D eigenvalue weighted by molar-refractivity contribution is 7.80. The second kappa shape index (κ2) is 8.02. The van der Waals surface area contributed by atoms with E-state index >= 15 is 0 Å². The molecule has 0 aliphatic rings. The molecule has 0 amide bonds. The summed E-state index contributed by atoms with van der Waals surface area (Å²) < 4.78 is 28.7. The van der Waals surface area contributed by atoms with E-state index in [1.807, 2.05) is 13.8 Å². The van der Waals surface area contributed by atoms with E-state index in [1.54, 1.807) is 28.9 Å². The minimum atomic E-state index is -0.377. The van der Waals surface area contributed by atoms with Crippen molar-refractivity contribution in [1.29, 1.82) is 0 Å². The number of benzene rings is 2. The Kier molecular flexibility index (Phi) is 5.72. The zero-order valence-corrected chi connectivity index (χ0v) is 16.3. The van der Waals surface area contributed by atoms with Crippen LogP contribution in [0.25, 0.3) is 0 Å². The van der Waals surface area contributed by atoms with Gasteiger partial charge in [-0.3, -0.25) is 4.68 Å². The molecular formula is C19H17ClF2N4S. The van der Waals surface area contributed by atoms with E-state index in [-0.39, 0.29) is 18.2 Å². The molecule has 1 aromatic heterocycles. The third kappa shape index (κ3) is 4.43. The molecule has 0 bridgehead atoms. The molecule has 0 atom stereocenters. The summed E-state index contributed by atoms with van der Waals surface area (Å²) in [5.74, 6) is -0.697. The number of aryl methyl sites for hydroxylation is 1. The van der Waals surface area contributed by atoms with Gasteiger partial charge in [-0.25, -0.2) is 8.78 Å². The number of hydrogen-bond donors (Lipinski definition) is 2. The molecule has 0 aliphatic heterocycles. The summed E-state index contributed by atoms with van der Waals surface area (Å²) in [5, 5.41) is 11.2. The van der Waals surface area contributed by atoms with Gasteiger partial charge in [0.25, 0.3) is 0 Å². The first-order chi connectivity index (χ1) is 12.8. The fourth-order valence-electron chi connectivity index (χ4n) is 2.67. The van der Waals surface area contributed by atoms with Crippen LogP contribution in [0, 0.1) is 25.5 Å². The van der Waals surface area contributed by atoms with Crippen LogP contribution in [0.3, 0.4) is 0 Å². The monoisotopic (exact) mass is 406 g/mol. The number of anilines is 2. The molecule has 3 aromatic rings. The Hall–Kier alpha value is -2.51. The van der Waals surface area contributed by atoms with E-state index in [1.165, 1.54) is 18.2 Å². The van der Waals surface area contributed by atoms with Gasteiger partial charge in [-0.1, -0.05) is 17.7 Å². The highest BCUT2D eigenvalue weighted by atomic mass is 35.5. The lowest BCUT2D eigenvalue weighted by Gasteiger charge is -2.12. The van der Waals surface area contributed by atoms with E-state index in [0.717, 1.165) is 11.4 Å². The number of hydrogen-bond acceptors (Lipinski definition) is 2. The Balaban J connectivity index is 1.77. The number of nitrogens with zero attached hydrogens (tertiary/aromatic N) is 2. The summed E-state index contributed by atoms with van der Waals surface area (Å²) in [5.41, 5.74) is 3.26. The quantitative estimate of drug-likeness (QED) is 0.578.